The Labute approximate surface area is 68.9 Å². The Bertz CT molecular complexity index is 161. The van der Waals surface area contributed by atoms with Crippen LogP contribution in [0.5, 0.6) is 0 Å². The lowest BCUT2D eigenvalue weighted by Gasteiger charge is -2.15. The average Bonchev–Trinajstić information content (AvgIpc) is 2.02. The van der Waals surface area contributed by atoms with Crippen LogP contribution in [-0.2, 0) is 4.79 Å². The minimum absolute atomic E-state index is 0.134. The molecule has 0 N–H and O–H groups in total. The summed E-state index contributed by atoms with van der Waals surface area (Å²) in [5, 5.41) is 0. The first-order valence-corrected chi connectivity index (χ1v) is 4.01. The average molecular weight is 155 g/mol. The molecular formula is C9H17NO. The van der Waals surface area contributed by atoms with Gasteiger partial charge < -0.3 is 4.90 Å². The summed E-state index contributed by atoms with van der Waals surface area (Å²) in [6.07, 6.45) is 2.85. The zero-order valence-electron chi connectivity index (χ0n) is 7.85. The molecule has 0 aromatic carbocycles. The quantitative estimate of drug-likeness (QED) is 0.569. The fourth-order valence-corrected chi connectivity index (χ4v) is 0.861. The number of allylic oxidation sites excluding steroid dienone is 1. The summed E-state index contributed by atoms with van der Waals surface area (Å²) in [5.74, 6) is 0.134. The van der Waals surface area contributed by atoms with Gasteiger partial charge >= 0.3 is 0 Å². The maximum Gasteiger partial charge on any atom is 0.248 e. The van der Waals surface area contributed by atoms with Gasteiger partial charge in [0.15, 0.2) is 0 Å². The smallest absolute Gasteiger partial charge is 0.248 e. The maximum absolute atomic E-state index is 11.3. The molecule has 0 aliphatic carbocycles. The highest BCUT2D eigenvalue weighted by molar-refractivity contribution is 5.92. The highest BCUT2D eigenvalue weighted by Crippen LogP contribution is 1.98. The summed E-state index contributed by atoms with van der Waals surface area (Å²) in [4.78, 5) is 13.1. The number of hydrogen-bond donors (Lipinski definition) is 0. The fourth-order valence-electron chi connectivity index (χ4n) is 0.861. The fraction of sp³-hybridized carbons (Fsp3) is 0.667. The summed E-state index contributed by atoms with van der Waals surface area (Å²) >= 11 is 0. The van der Waals surface area contributed by atoms with Crippen molar-refractivity contribution in [3.63, 3.8) is 0 Å². The molecule has 11 heavy (non-hydrogen) atoms. The lowest BCUT2D eigenvalue weighted by atomic mass is 10.2. The van der Waals surface area contributed by atoms with Crippen molar-refractivity contribution in [2.75, 3.05) is 13.6 Å². The summed E-state index contributed by atoms with van der Waals surface area (Å²) in [7, 11) is 1.83. The molecule has 0 aromatic heterocycles. The van der Waals surface area contributed by atoms with E-state index in [9.17, 15) is 4.79 Å². The van der Waals surface area contributed by atoms with Gasteiger partial charge in [0.25, 0.3) is 0 Å². The van der Waals surface area contributed by atoms with Crippen LogP contribution in [0.4, 0.5) is 0 Å². The van der Waals surface area contributed by atoms with Crippen LogP contribution in [0, 0.1) is 0 Å². The van der Waals surface area contributed by atoms with Crippen molar-refractivity contribution in [2.24, 2.45) is 0 Å². The molecule has 0 aromatic rings. The number of likely N-dealkylation sites (N-methyl/N-ethyl adjacent to an activating group) is 1. The lowest BCUT2D eigenvalue weighted by molar-refractivity contribution is -0.125. The summed E-state index contributed by atoms with van der Waals surface area (Å²) in [6, 6.07) is 0. The molecule has 0 bridgehead atoms. The number of nitrogens with zero attached hydrogens (tertiary/aromatic N) is 1. The van der Waals surface area contributed by atoms with Crippen LogP contribution in [0.15, 0.2) is 11.6 Å². The maximum atomic E-state index is 11.3. The first kappa shape index (κ1) is 10.2. The molecule has 64 valence electrons. The molecule has 2 nitrogen and oxygen atoms in total. The molecule has 0 radical (unpaired) electrons. The van der Waals surface area contributed by atoms with Crippen LogP contribution >= 0.6 is 0 Å². The molecule has 0 aliphatic rings. The molecule has 0 aliphatic heterocycles. The second kappa shape index (κ2) is 4.94. The number of carbonyl (C=O) groups is 1. The first-order chi connectivity index (χ1) is 5.13. The van der Waals surface area contributed by atoms with E-state index >= 15 is 0 Å². The molecular weight excluding hydrogens is 138 g/mol. The van der Waals surface area contributed by atoms with Crippen molar-refractivity contribution in [1.29, 1.82) is 0 Å². The molecule has 2 heteroatoms. The van der Waals surface area contributed by atoms with Crippen molar-refractivity contribution in [2.45, 2.75) is 27.2 Å². The highest BCUT2D eigenvalue weighted by atomic mass is 16.2. The topological polar surface area (TPSA) is 20.3 Å². The van der Waals surface area contributed by atoms with E-state index in [4.69, 9.17) is 0 Å². The lowest BCUT2D eigenvalue weighted by Crippen LogP contribution is -2.27. The van der Waals surface area contributed by atoms with E-state index in [1.54, 1.807) is 4.90 Å². The van der Waals surface area contributed by atoms with Gasteiger partial charge in [-0.1, -0.05) is 13.0 Å². The molecule has 0 saturated carbocycles. The molecule has 0 atom stereocenters. The minimum atomic E-state index is 0.134. The standard InChI is InChI=1S/C9H17NO/c1-5-7-10(4)9(11)8(3)6-2/h6H,5,7H2,1-4H3. The van der Waals surface area contributed by atoms with Crippen molar-refractivity contribution in [3.8, 4) is 0 Å². The SMILES string of the molecule is CC=C(C)C(=O)N(C)CCC. The summed E-state index contributed by atoms with van der Waals surface area (Å²) in [5.41, 5.74) is 0.820. The van der Waals surface area contributed by atoms with Crippen LogP contribution in [-0.4, -0.2) is 24.4 Å². The van der Waals surface area contributed by atoms with Crippen molar-refractivity contribution in [1.82, 2.24) is 4.90 Å². The third-order valence-corrected chi connectivity index (χ3v) is 1.68. The van der Waals surface area contributed by atoms with Crippen LogP contribution in [0.1, 0.15) is 27.2 Å². The third kappa shape index (κ3) is 3.21. The Hall–Kier alpha value is -0.790. The van der Waals surface area contributed by atoms with Crippen LogP contribution < -0.4 is 0 Å². The second-order valence-corrected chi connectivity index (χ2v) is 2.70. The van der Waals surface area contributed by atoms with Gasteiger partial charge in [0.1, 0.15) is 0 Å². The third-order valence-electron chi connectivity index (χ3n) is 1.68. The first-order valence-electron chi connectivity index (χ1n) is 4.01. The van der Waals surface area contributed by atoms with E-state index in [1.165, 1.54) is 0 Å². The van der Waals surface area contributed by atoms with E-state index in [-0.39, 0.29) is 5.91 Å². The van der Waals surface area contributed by atoms with Crippen molar-refractivity contribution in [3.05, 3.63) is 11.6 Å². The molecule has 1 amide bonds. The van der Waals surface area contributed by atoms with Gasteiger partial charge in [-0.25, -0.2) is 0 Å². The van der Waals surface area contributed by atoms with Crippen molar-refractivity contribution >= 4 is 5.91 Å². The Morgan fingerprint density at radius 1 is 1.55 bits per heavy atom. The molecule has 0 fully saturated rings. The van der Waals surface area contributed by atoms with E-state index in [0.717, 1.165) is 18.5 Å². The highest BCUT2D eigenvalue weighted by Gasteiger charge is 2.07. The zero-order chi connectivity index (χ0) is 8.85. The molecule has 0 spiro atoms. The summed E-state index contributed by atoms with van der Waals surface area (Å²) < 4.78 is 0. The van der Waals surface area contributed by atoms with Crippen LogP contribution in [0.2, 0.25) is 0 Å². The Morgan fingerprint density at radius 2 is 2.09 bits per heavy atom. The second-order valence-electron chi connectivity index (χ2n) is 2.70. The Morgan fingerprint density at radius 3 is 2.45 bits per heavy atom. The van der Waals surface area contributed by atoms with E-state index in [2.05, 4.69) is 6.92 Å². The van der Waals surface area contributed by atoms with Crippen LogP contribution in [0.3, 0.4) is 0 Å². The number of amides is 1. The molecule has 0 saturated heterocycles. The number of carbonyl (C=O) groups excluding carboxylic acids is 1. The van der Waals surface area contributed by atoms with Crippen LogP contribution in [0.25, 0.3) is 0 Å². The van der Waals surface area contributed by atoms with Crippen molar-refractivity contribution < 1.29 is 4.79 Å². The Kier molecular flexibility index (Phi) is 4.59. The molecule has 0 rings (SSSR count). The normalized spacial score (nSPS) is 11.5. The predicted molar refractivity (Wildman–Crippen MR) is 47.4 cm³/mol. The largest absolute Gasteiger partial charge is 0.342 e. The van der Waals surface area contributed by atoms with Gasteiger partial charge in [-0.15, -0.1) is 0 Å². The number of rotatable bonds is 3. The van der Waals surface area contributed by atoms with Gasteiger partial charge in [-0.2, -0.15) is 0 Å². The van der Waals surface area contributed by atoms with Gasteiger partial charge in [-0.3, -0.25) is 4.79 Å². The van der Waals surface area contributed by atoms with E-state index in [0.29, 0.717) is 0 Å². The number of hydrogen-bond acceptors (Lipinski definition) is 1. The molecule has 0 heterocycles. The summed E-state index contributed by atoms with van der Waals surface area (Å²) in [6.45, 7) is 6.63. The monoisotopic (exact) mass is 155 g/mol. The van der Waals surface area contributed by atoms with Gasteiger partial charge in [0.05, 0.1) is 0 Å². The van der Waals surface area contributed by atoms with Gasteiger partial charge in [0.2, 0.25) is 5.91 Å². The van der Waals surface area contributed by atoms with Gasteiger partial charge in [0, 0.05) is 19.2 Å². The van der Waals surface area contributed by atoms with E-state index < -0.39 is 0 Å². The molecule has 0 unspecified atom stereocenters. The van der Waals surface area contributed by atoms with E-state index in [1.807, 2.05) is 27.0 Å². The minimum Gasteiger partial charge on any atom is -0.342 e. The predicted octanol–water partition coefficient (Wildman–Crippen LogP) is 1.82. The zero-order valence-corrected chi connectivity index (χ0v) is 7.85. The van der Waals surface area contributed by atoms with Gasteiger partial charge in [-0.05, 0) is 20.3 Å². The Balaban J connectivity index is 4.02.